The SMILES string of the molecule is Oc1cc(OC(F)(F)F)ccc1-c1cncnc1. The smallest absolute Gasteiger partial charge is 0.507 e. The van der Waals surface area contributed by atoms with E-state index in [2.05, 4.69) is 14.7 Å². The molecule has 0 atom stereocenters. The molecule has 0 radical (unpaired) electrons. The molecule has 94 valence electrons. The van der Waals surface area contributed by atoms with Gasteiger partial charge in [0, 0.05) is 29.6 Å². The maximum absolute atomic E-state index is 12.0. The van der Waals surface area contributed by atoms with Crippen molar-refractivity contribution in [3.8, 4) is 22.6 Å². The van der Waals surface area contributed by atoms with Crippen molar-refractivity contribution in [3.05, 3.63) is 36.9 Å². The number of aromatic nitrogens is 2. The molecule has 0 amide bonds. The molecular weight excluding hydrogens is 249 g/mol. The van der Waals surface area contributed by atoms with Crippen LogP contribution in [0.1, 0.15) is 0 Å². The molecule has 0 bridgehead atoms. The van der Waals surface area contributed by atoms with Crippen LogP contribution in [0.4, 0.5) is 13.2 Å². The molecule has 4 nitrogen and oxygen atoms in total. The van der Waals surface area contributed by atoms with Gasteiger partial charge in [0.1, 0.15) is 17.8 Å². The summed E-state index contributed by atoms with van der Waals surface area (Å²) in [5.74, 6) is -0.827. The zero-order valence-electron chi connectivity index (χ0n) is 8.85. The van der Waals surface area contributed by atoms with Crippen LogP contribution in [0.2, 0.25) is 0 Å². The van der Waals surface area contributed by atoms with Crippen molar-refractivity contribution in [3.63, 3.8) is 0 Å². The number of benzene rings is 1. The largest absolute Gasteiger partial charge is 0.573 e. The normalized spacial score (nSPS) is 11.3. The van der Waals surface area contributed by atoms with Gasteiger partial charge in [-0.25, -0.2) is 9.97 Å². The Bertz CT molecular complexity index is 544. The van der Waals surface area contributed by atoms with E-state index in [-0.39, 0.29) is 5.75 Å². The molecule has 1 aromatic carbocycles. The Morgan fingerprint density at radius 3 is 2.33 bits per heavy atom. The number of hydrogen-bond acceptors (Lipinski definition) is 4. The van der Waals surface area contributed by atoms with E-state index in [1.54, 1.807) is 0 Å². The number of alkyl halides is 3. The molecule has 1 N–H and O–H groups in total. The van der Waals surface area contributed by atoms with E-state index in [0.29, 0.717) is 11.1 Å². The number of phenols is 1. The summed E-state index contributed by atoms with van der Waals surface area (Å²) in [6.07, 6.45) is -0.607. The monoisotopic (exact) mass is 256 g/mol. The molecule has 0 unspecified atom stereocenters. The highest BCUT2D eigenvalue weighted by atomic mass is 19.4. The molecule has 0 aliphatic heterocycles. The summed E-state index contributed by atoms with van der Waals surface area (Å²) in [5, 5.41) is 9.64. The van der Waals surface area contributed by atoms with Crippen molar-refractivity contribution in [1.29, 1.82) is 0 Å². The van der Waals surface area contributed by atoms with E-state index < -0.39 is 12.1 Å². The Labute approximate surface area is 99.7 Å². The van der Waals surface area contributed by atoms with Crippen LogP contribution < -0.4 is 4.74 Å². The van der Waals surface area contributed by atoms with Gasteiger partial charge in [-0.1, -0.05) is 0 Å². The first-order chi connectivity index (χ1) is 8.46. The highest BCUT2D eigenvalue weighted by molar-refractivity contribution is 5.69. The third-order valence-electron chi connectivity index (χ3n) is 2.07. The predicted molar refractivity (Wildman–Crippen MR) is 55.8 cm³/mol. The highest BCUT2D eigenvalue weighted by Crippen LogP contribution is 2.33. The van der Waals surface area contributed by atoms with Gasteiger partial charge < -0.3 is 9.84 Å². The first-order valence-corrected chi connectivity index (χ1v) is 4.80. The molecule has 0 aliphatic rings. The second-order valence-corrected chi connectivity index (χ2v) is 3.35. The summed E-state index contributed by atoms with van der Waals surface area (Å²) < 4.78 is 39.6. The predicted octanol–water partition coefficient (Wildman–Crippen LogP) is 2.75. The molecule has 0 spiro atoms. The lowest BCUT2D eigenvalue weighted by Crippen LogP contribution is -2.16. The molecular formula is C11H7F3N2O2. The topological polar surface area (TPSA) is 55.2 Å². The lowest BCUT2D eigenvalue weighted by atomic mass is 10.1. The first kappa shape index (κ1) is 12.2. The zero-order chi connectivity index (χ0) is 13.2. The summed E-state index contributed by atoms with van der Waals surface area (Å²) >= 11 is 0. The van der Waals surface area contributed by atoms with Crippen LogP contribution in [-0.2, 0) is 0 Å². The number of hydrogen-bond donors (Lipinski definition) is 1. The summed E-state index contributed by atoms with van der Waals surface area (Å²) in [6, 6.07) is 3.29. The molecule has 18 heavy (non-hydrogen) atoms. The fraction of sp³-hybridized carbons (Fsp3) is 0.0909. The van der Waals surface area contributed by atoms with E-state index >= 15 is 0 Å². The number of phenolic OH excluding ortho intramolecular Hbond substituents is 1. The van der Waals surface area contributed by atoms with E-state index in [1.807, 2.05) is 0 Å². The summed E-state index contributed by atoms with van der Waals surface area (Å²) in [5.41, 5.74) is 0.818. The average molecular weight is 256 g/mol. The Kier molecular flexibility index (Phi) is 3.05. The van der Waals surface area contributed by atoms with Gasteiger partial charge in [0.2, 0.25) is 0 Å². The number of aromatic hydroxyl groups is 1. The Hall–Kier alpha value is -2.31. The third kappa shape index (κ3) is 2.88. The van der Waals surface area contributed by atoms with Crippen molar-refractivity contribution in [2.75, 3.05) is 0 Å². The molecule has 1 aromatic heterocycles. The zero-order valence-corrected chi connectivity index (χ0v) is 8.85. The first-order valence-electron chi connectivity index (χ1n) is 4.80. The van der Waals surface area contributed by atoms with E-state index in [1.165, 1.54) is 24.8 Å². The van der Waals surface area contributed by atoms with E-state index in [4.69, 9.17) is 0 Å². The molecule has 0 saturated heterocycles. The minimum Gasteiger partial charge on any atom is -0.507 e. The molecule has 0 fully saturated rings. The van der Waals surface area contributed by atoms with Crippen LogP contribution in [0.25, 0.3) is 11.1 Å². The summed E-state index contributed by atoms with van der Waals surface area (Å²) in [4.78, 5) is 7.50. The fourth-order valence-corrected chi connectivity index (χ4v) is 1.39. The van der Waals surface area contributed by atoms with Gasteiger partial charge in [0.05, 0.1) is 0 Å². The van der Waals surface area contributed by atoms with Gasteiger partial charge in [0.15, 0.2) is 0 Å². The van der Waals surface area contributed by atoms with E-state index in [9.17, 15) is 18.3 Å². The summed E-state index contributed by atoms with van der Waals surface area (Å²) in [6.45, 7) is 0. The van der Waals surface area contributed by atoms with Gasteiger partial charge >= 0.3 is 6.36 Å². The van der Waals surface area contributed by atoms with Crippen molar-refractivity contribution in [2.45, 2.75) is 6.36 Å². The van der Waals surface area contributed by atoms with Crippen LogP contribution in [0, 0.1) is 0 Å². The van der Waals surface area contributed by atoms with Gasteiger partial charge in [-0.2, -0.15) is 0 Å². The molecule has 0 aliphatic carbocycles. The second kappa shape index (κ2) is 4.52. The van der Waals surface area contributed by atoms with Crippen LogP contribution in [0.5, 0.6) is 11.5 Å². The molecule has 0 saturated carbocycles. The van der Waals surface area contributed by atoms with E-state index in [0.717, 1.165) is 12.1 Å². The Morgan fingerprint density at radius 2 is 1.78 bits per heavy atom. The number of ether oxygens (including phenoxy) is 1. The van der Waals surface area contributed by atoms with Crippen LogP contribution in [0.15, 0.2) is 36.9 Å². The standard InChI is InChI=1S/C11H7F3N2O2/c12-11(13,14)18-8-1-2-9(10(17)3-8)7-4-15-6-16-5-7/h1-6,17H. The van der Waals surface area contributed by atoms with Gasteiger partial charge in [-0.15, -0.1) is 13.2 Å². The minimum absolute atomic E-state index is 0.324. The molecule has 7 heteroatoms. The van der Waals surface area contributed by atoms with Crippen molar-refractivity contribution in [1.82, 2.24) is 9.97 Å². The van der Waals surface area contributed by atoms with Crippen molar-refractivity contribution < 1.29 is 23.0 Å². The highest BCUT2D eigenvalue weighted by Gasteiger charge is 2.31. The quantitative estimate of drug-likeness (QED) is 0.897. The van der Waals surface area contributed by atoms with Crippen molar-refractivity contribution in [2.24, 2.45) is 0 Å². The molecule has 1 heterocycles. The minimum atomic E-state index is -4.79. The third-order valence-corrected chi connectivity index (χ3v) is 2.07. The fourth-order valence-electron chi connectivity index (χ4n) is 1.39. The second-order valence-electron chi connectivity index (χ2n) is 3.35. The maximum Gasteiger partial charge on any atom is 0.573 e. The maximum atomic E-state index is 12.0. The Morgan fingerprint density at radius 1 is 1.11 bits per heavy atom. The summed E-state index contributed by atoms with van der Waals surface area (Å²) in [7, 11) is 0. The van der Waals surface area contributed by atoms with Gasteiger partial charge in [-0.3, -0.25) is 0 Å². The Balaban J connectivity index is 2.32. The molecule has 2 rings (SSSR count). The lowest BCUT2D eigenvalue weighted by molar-refractivity contribution is -0.274. The van der Waals surface area contributed by atoms with Crippen LogP contribution >= 0.6 is 0 Å². The van der Waals surface area contributed by atoms with Crippen LogP contribution in [0.3, 0.4) is 0 Å². The van der Waals surface area contributed by atoms with Crippen LogP contribution in [-0.4, -0.2) is 21.4 Å². The number of rotatable bonds is 2. The number of halogens is 3. The van der Waals surface area contributed by atoms with Crippen molar-refractivity contribution >= 4 is 0 Å². The number of nitrogens with zero attached hydrogens (tertiary/aromatic N) is 2. The van der Waals surface area contributed by atoms with Gasteiger partial charge in [-0.05, 0) is 12.1 Å². The molecule has 2 aromatic rings. The lowest BCUT2D eigenvalue weighted by Gasteiger charge is -2.10. The average Bonchev–Trinajstić information content (AvgIpc) is 2.28. The van der Waals surface area contributed by atoms with Gasteiger partial charge in [0.25, 0.3) is 0 Å².